The molecule has 6 N–H and O–H groups in total. The van der Waals surface area contributed by atoms with Crippen LogP contribution in [0.5, 0.6) is 5.75 Å². The van der Waals surface area contributed by atoms with Crippen molar-refractivity contribution in [2.24, 2.45) is 10.8 Å². The van der Waals surface area contributed by atoms with E-state index in [1.807, 2.05) is 60.7 Å². The van der Waals surface area contributed by atoms with E-state index in [2.05, 4.69) is 21.1 Å². The number of nitro groups is 1. The maximum atomic E-state index is 13.6. The Bertz CT molecular complexity index is 1200. The van der Waals surface area contributed by atoms with Gasteiger partial charge >= 0.3 is 0 Å². The Morgan fingerprint density at radius 1 is 0.895 bits per heavy atom. The summed E-state index contributed by atoms with van der Waals surface area (Å²) < 4.78 is 0. The van der Waals surface area contributed by atoms with Crippen molar-refractivity contribution in [3.63, 3.8) is 0 Å². The predicted octanol–water partition coefficient (Wildman–Crippen LogP) is 2.20. The molecule has 38 heavy (non-hydrogen) atoms. The van der Waals surface area contributed by atoms with Crippen molar-refractivity contribution in [1.29, 1.82) is 0 Å². The number of carbonyl (C=O) groups excluding carboxylic acids is 2. The molecule has 11 nitrogen and oxygen atoms in total. The standard InChI is InChI=1S/C27H30N6O5/c28-27(32-33(37)38)29-17-7-12-23(25(35)30-18-19-13-15-22(34)16-14-19)31-26(36)24(20-8-3-1-4-9-20)21-10-5-2-6-11-21/h1-6,8-11,13-16,23-24,34H,7,12,17-18H2,(H,30,35)(H,31,36)(H3,28,29,32)/t23-/m0/s1. The summed E-state index contributed by atoms with van der Waals surface area (Å²) in [7, 11) is 0. The van der Waals surface area contributed by atoms with E-state index in [0.717, 1.165) is 16.7 Å². The molecule has 0 fully saturated rings. The van der Waals surface area contributed by atoms with Crippen LogP contribution in [0.3, 0.4) is 0 Å². The van der Waals surface area contributed by atoms with Gasteiger partial charge in [0, 0.05) is 13.1 Å². The highest BCUT2D eigenvalue weighted by atomic mass is 16.7. The first-order valence-corrected chi connectivity index (χ1v) is 12.0. The Morgan fingerprint density at radius 2 is 1.47 bits per heavy atom. The molecule has 0 bridgehead atoms. The van der Waals surface area contributed by atoms with Gasteiger partial charge in [-0.3, -0.25) is 9.59 Å². The van der Waals surface area contributed by atoms with Crippen LogP contribution in [-0.2, 0) is 16.1 Å². The first kappa shape index (κ1) is 27.7. The minimum absolute atomic E-state index is 0.116. The lowest BCUT2D eigenvalue weighted by Gasteiger charge is -2.23. The molecule has 3 aromatic carbocycles. The third kappa shape index (κ3) is 8.63. The topological polar surface area (TPSA) is 172 Å². The second-order valence-corrected chi connectivity index (χ2v) is 8.49. The fourth-order valence-electron chi connectivity index (χ4n) is 3.88. The first-order chi connectivity index (χ1) is 18.3. The second-order valence-electron chi connectivity index (χ2n) is 8.49. The van der Waals surface area contributed by atoms with E-state index in [1.54, 1.807) is 12.1 Å². The van der Waals surface area contributed by atoms with Crippen molar-refractivity contribution in [1.82, 2.24) is 16.0 Å². The lowest BCUT2D eigenvalue weighted by Crippen LogP contribution is -2.48. The Balaban J connectivity index is 1.74. The molecule has 0 radical (unpaired) electrons. The predicted molar refractivity (Wildman–Crippen MR) is 142 cm³/mol. The third-order valence-corrected chi connectivity index (χ3v) is 5.73. The number of phenols is 1. The number of benzene rings is 3. The zero-order valence-electron chi connectivity index (χ0n) is 20.6. The van der Waals surface area contributed by atoms with Gasteiger partial charge in [-0.15, -0.1) is 0 Å². The molecule has 11 heteroatoms. The molecule has 0 aliphatic heterocycles. The van der Waals surface area contributed by atoms with Crippen LogP contribution in [0.15, 0.2) is 90.0 Å². The Morgan fingerprint density at radius 3 is 2.03 bits per heavy atom. The number of phenolic OH excluding ortho intramolecular Hbond substituents is 1. The number of aromatic hydroxyl groups is 1. The van der Waals surface area contributed by atoms with Gasteiger partial charge in [0.2, 0.25) is 11.8 Å². The Kier molecular flexibility index (Phi) is 10.2. The summed E-state index contributed by atoms with van der Waals surface area (Å²) in [5.41, 5.74) is 7.79. The zero-order chi connectivity index (χ0) is 27.3. The van der Waals surface area contributed by atoms with Crippen molar-refractivity contribution in [3.05, 3.63) is 112 Å². The summed E-state index contributed by atoms with van der Waals surface area (Å²) in [6.07, 6.45) is 0.606. The molecule has 0 unspecified atom stereocenters. The number of nitrogens with two attached hydrogens (primary N) is 1. The molecular formula is C27H30N6O5. The molecule has 0 saturated carbocycles. The highest BCUT2D eigenvalue weighted by Crippen LogP contribution is 2.25. The minimum Gasteiger partial charge on any atom is -0.508 e. The van der Waals surface area contributed by atoms with Gasteiger partial charge in [-0.25, -0.2) is 10.1 Å². The maximum Gasteiger partial charge on any atom is 0.266 e. The molecule has 0 aromatic heterocycles. The molecular weight excluding hydrogens is 488 g/mol. The van der Waals surface area contributed by atoms with Crippen LogP contribution < -0.4 is 21.7 Å². The Labute approximate surface area is 219 Å². The van der Waals surface area contributed by atoms with Crippen LogP contribution >= 0.6 is 0 Å². The van der Waals surface area contributed by atoms with Gasteiger partial charge in [0.15, 0.2) is 5.03 Å². The molecule has 0 spiro atoms. The summed E-state index contributed by atoms with van der Waals surface area (Å²) in [6.45, 7) is 0.411. The molecule has 2 amide bonds. The van der Waals surface area contributed by atoms with Crippen molar-refractivity contribution in [2.45, 2.75) is 31.3 Å². The summed E-state index contributed by atoms with van der Waals surface area (Å²) in [4.78, 5) is 37.2. The molecule has 3 rings (SSSR count). The van der Waals surface area contributed by atoms with Crippen molar-refractivity contribution >= 4 is 17.8 Å². The molecule has 0 saturated heterocycles. The van der Waals surface area contributed by atoms with Crippen LogP contribution in [0.25, 0.3) is 0 Å². The highest BCUT2D eigenvalue weighted by Gasteiger charge is 2.27. The monoisotopic (exact) mass is 518 g/mol. The fourth-order valence-corrected chi connectivity index (χ4v) is 3.88. The number of hydrogen-bond donors (Lipinski definition) is 5. The van der Waals surface area contributed by atoms with E-state index in [9.17, 15) is 24.8 Å². The number of nitrogens with zero attached hydrogens (tertiary/aromatic N) is 2. The number of nitrogens with one attached hydrogen (secondary N) is 3. The Hall–Kier alpha value is -4.93. The average Bonchev–Trinajstić information content (AvgIpc) is 2.91. The van der Waals surface area contributed by atoms with Crippen LogP contribution in [-0.4, -0.2) is 40.5 Å². The van der Waals surface area contributed by atoms with Crippen molar-refractivity contribution in [2.75, 3.05) is 6.54 Å². The molecule has 0 aliphatic carbocycles. The van der Waals surface area contributed by atoms with Gasteiger partial charge in [0.05, 0.1) is 5.92 Å². The van der Waals surface area contributed by atoms with Crippen molar-refractivity contribution in [3.8, 4) is 5.75 Å². The molecule has 0 aliphatic rings. The van der Waals surface area contributed by atoms with Crippen LogP contribution in [0.2, 0.25) is 0 Å². The fraction of sp³-hybridized carbons (Fsp3) is 0.222. The van der Waals surface area contributed by atoms with Gasteiger partial charge in [0.25, 0.3) is 5.96 Å². The van der Waals surface area contributed by atoms with Gasteiger partial charge in [-0.05, 0) is 41.7 Å². The average molecular weight is 519 g/mol. The quantitative estimate of drug-likeness (QED) is 0.0804. The number of hydrazone groups is 1. The number of rotatable bonds is 12. The van der Waals surface area contributed by atoms with Crippen molar-refractivity contribution < 1.29 is 19.7 Å². The minimum atomic E-state index is -0.907. The van der Waals surface area contributed by atoms with E-state index >= 15 is 0 Å². The van der Waals surface area contributed by atoms with E-state index in [4.69, 9.17) is 5.73 Å². The summed E-state index contributed by atoms with van der Waals surface area (Å²) in [5.74, 6) is -1.59. The van der Waals surface area contributed by atoms with E-state index in [-0.39, 0.29) is 37.1 Å². The number of hydrogen-bond acceptors (Lipinski definition) is 5. The third-order valence-electron chi connectivity index (χ3n) is 5.73. The summed E-state index contributed by atoms with van der Waals surface area (Å²) in [6, 6.07) is 24.1. The van der Waals surface area contributed by atoms with Gasteiger partial charge in [-0.2, -0.15) is 0 Å². The van der Waals surface area contributed by atoms with Gasteiger partial charge in [0.1, 0.15) is 16.9 Å². The van der Waals surface area contributed by atoms with E-state index < -0.39 is 22.9 Å². The lowest BCUT2D eigenvalue weighted by molar-refractivity contribution is -0.485. The largest absolute Gasteiger partial charge is 0.508 e. The first-order valence-electron chi connectivity index (χ1n) is 12.0. The van der Waals surface area contributed by atoms with Gasteiger partial charge in [-0.1, -0.05) is 72.8 Å². The molecule has 0 heterocycles. The number of guanidine groups is 1. The SMILES string of the molecule is NC(=N[N+](=O)[O-])NCCC[C@H](NC(=O)C(c1ccccc1)c1ccccc1)C(=O)NCc1ccc(O)cc1. The highest BCUT2D eigenvalue weighted by molar-refractivity contribution is 5.92. The zero-order valence-corrected chi connectivity index (χ0v) is 20.6. The summed E-state index contributed by atoms with van der Waals surface area (Å²) in [5, 5.41) is 30.3. The normalized spacial score (nSPS) is 12.0. The number of amides is 2. The summed E-state index contributed by atoms with van der Waals surface area (Å²) >= 11 is 0. The van der Waals surface area contributed by atoms with E-state index in [0.29, 0.717) is 6.42 Å². The molecule has 198 valence electrons. The maximum absolute atomic E-state index is 13.6. The van der Waals surface area contributed by atoms with Crippen LogP contribution in [0, 0.1) is 10.1 Å². The van der Waals surface area contributed by atoms with Crippen LogP contribution in [0.4, 0.5) is 0 Å². The van der Waals surface area contributed by atoms with Gasteiger partial charge < -0.3 is 26.8 Å². The number of carbonyl (C=O) groups is 2. The smallest absolute Gasteiger partial charge is 0.266 e. The lowest BCUT2D eigenvalue weighted by atomic mass is 9.90. The molecule has 1 atom stereocenters. The van der Waals surface area contributed by atoms with Crippen LogP contribution in [0.1, 0.15) is 35.4 Å². The molecule has 3 aromatic rings. The van der Waals surface area contributed by atoms with E-state index in [1.165, 1.54) is 12.1 Å². The second kappa shape index (κ2) is 14.0.